The second kappa shape index (κ2) is 9.65. The van der Waals surface area contributed by atoms with E-state index < -0.39 is 24.0 Å². The van der Waals surface area contributed by atoms with E-state index in [0.717, 1.165) is 22.3 Å². The summed E-state index contributed by atoms with van der Waals surface area (Å²) in [5, 5.41) is 12.1. The number of alkyl carbamates (subject to hydrolysis) is 1. The minimum Gasteiger partial charge on any atom is -0.481 e. The highest BCUT2D eigenvalue weighted by Gasteiger charge is 2.40. The van der Waals surface area contributed by atoms with Gasteiger partial charge in [-0.2, -0.15) is 0 Å². The average molecular weight is 451 g/mol. The van der Waals surface area contributed by atoms with Crippen LogP contribution in [0.1, 0.15) is 50.2 Å². The van der Waals surface area contributed by atoms with Gasteiger partial charge in [0.15, 0.2) is 0 Å². The van der Waals surface area contributed by atoms with Gasteiger partial charge in [-0.15, -0.1) is 0 Å². The molecule has 174 valence electrons. The third-order valence-corrected chi connectivity index (χ3v) is 6.79. The zero-order valence-electron chi connectivity index (χ0n) is 19.0. The first-order valence-corrected chi connectivity index (χ1v) is 11.5. The average Bonchev–Trinajstić information content (AvgIpc) is 3.37. The number of rotatable bonds is 7. The zero-order valence-corrected chi connectivity index (χ0v) is 19.0. The summed E-state index contributed by atoms with van der Waals surface area (Å²) in [5.74, 6) is -1.55. The lowest BCUT2D eigenvalue weighted by Gasteiger charge is -2.27. The molecule has 1 heterocycles. The van der Waals surface area contributed by atoms with Crippen LogP contribution in [0.3, 0.4) is 0 Å². The van der Waals surface area contributed by atoms with E-state index >= 15 is 0 Å². The Morgan fingerprint density at radius 3 is 2.27 bits per heavy atom. The molecule has 2 unspecified atom stereocenters. The first kappa shape index (κ1) is 22.8. The number of hydrogen-bond donors (Lipinski definition) is 2. The van der Waals surface area contributed by atoms with Gasteiger partial charge >= 0.3 is 12.1 Å². The molecule has 7 heteroatoms. The molecule has 1 saturated heterocycles. The summed E-state index contributed by atoms with van der Waals surface area (Å²) in [5.41, 5.74) is 4.61. The molecule has 0 spiro atoms. The summed E-state index contributed by atoms with van der Waals surface area (Å²) in [7, 11) is 0. The van der Waals surface area contributed by atoms with Gasteiger partial charge in [0.1, 0.15) is 6.61 Å². The van der Waals surface area contributed by atoms with Gasteiger partial charge in [0.2, 0.25) is 5.91 Å². The highest BCUT2D eigenvalue weighted by Crippen LogP contribution is 2.44. The number of ether oxygens (including phenoxy) is 1. The predicted octanol–water partition coefficient (Wildman–Crippen LogP) is 4.02. The van der Waals surface area contributed by atoms with Crippen LogP contribution in [-0.2, 0) is 14.3 Å². The minimum absolute atomic E-state index is 0.0250. The number of carboxylic acid groups (broad SMARTS) is 1. The Hall–Kier alpha value is -3.35. The molecule has 2 amide bonds. The lowest BCUT2D eigenvalue weighted by Crippen LogP contribution is -2.43. The molecular weight excluding hydrogens is 420 g/mol. The van der Waals surface area contributed by atoms with Crippen LogP contribution < -0.4 is 5.32 Å². The fraction of sp³-hybridized carbons (Fsp3) is 0.423. The summed E-state index contributed by atoms with van der Waals surface area (Å²) in [6.45, 7) is 4.30. The van der Waals surface area contributed by atoms with Crippen molar-refractivity contribution in [2.75, 3.05) is 13.2 Å². The van der Waals surface area contributed by atoms with Gasteiger partial charge in [-0.1, -0.05) is 55.5 Å². The summed E-state index contributed by atoms with van der Waals surface area (Å²) in [4.78, 5) is 38.3. The number of nitrogens with zero attached hydrogens (tertiary/aromatic N) is 1. The molecule has 33 heavy (non-hydrogen) atoms. The van der Waals surface area contributed by atoms with Crippen molar-refractivity contribution < 1.29 is 24.2 Å². The number of aliphatic carboxylic acids is 1. The van der Waals surface area contributed by atoms with E-state index in [1.54, 1.807) is 11.8 Å². The summed E-state index contributed by atoms with van der Waals surface area (Å²) < 4.78 is 5.56. The van der Waals surface area contributed by atoms with Crippen molar-refractivity contribution in [3.8, 4) is 11.1 Å². The molecule has 2 aromatic rings. The molecule has 0 bridgehead atoms. The number of carboxylic acids is 1. The number of benzene rings is 2. The Labute approximate surface area is 193 Å². The number of carbonyl (C=O) groups is 3. The SMILES string of the molecule is CCC1C(C(=O)O)CCN1C(=O)C[C@H](C)NC(=O)OCC1c2ccccc2-c2ccccc21. The fourth-order valence-corrected chi connectivity index (χ4v) is 5.23. The van der Waals surface area contributed by atoms with Crippen LogP contribution in [-0.4, -0.2) is 53.2 Å². The van der Waals surface area contributed by atoms with Crippen LogP contribution in [0.2, 0.25) is 0 Å². The highest BCUT2D eigenvalue weighted by atomic mass is 16.5. The summed E-state index contributed by atoms with van der Waals surface area (Å²) in [6.07, 6.45) is 0.603. The second-order valence-electron chi connectivity index (χ2n) is 8.87. The Kier molecular flexibility index (Phi) is 6.67. The first-order valence-electron chi connectivity index (χ1n) is 11.5. The normalized spacial score (nSPS) is 20.1. The quantitative estimate of drug-likeness (QED) is 0.664. The van der Waals surface area contributed by atoms with Gasteiger partial charge in [0.25, 0.3) is 0 Å². The topological polar surface area (TPSA) is 95.9 Å². The van der Waals surface area contributed by atoms with Crippen LogP contribution in [0.15, 0.2) is 48.5 Å². The molecule has 2 N–H and O–H groups in total. The number of fused-ring (bicyclic) bond motifs is 3. The maximum Gasteiger partial charge on any atom is 0.407 e. The molecular formula is C26H30N2O5. The minimum atomic E-state index is -0.859. The Morgan fingerprint density at radius 2 is 1.70 bits per heavy atom. The van der Waals surface area contributed by atoms with E-state index in [4.69, 9.17) is 4.74 Å². The molecule has 1 aliphatic carbocycles. The van der Waals surface area contributed by atoms with Crippen LogP contribution >= 0.6 is 0 Å². The van der Waals surface area contributed by atoms with E-state index in [2.05, 4.69) is 29.6 Å². The monoisotopic (exact) mass is 450 g/mol. The van der Waals surface area contributed by atoms with Crippen molar-refractivity contribution >= 4 is 18.0 Å². The van der Waals surface area contributed by atoms with E-state index in [0.29, 0.717) is 19.4 Å². The zero-order chi connectivity index (χ0) is 23.5. The van der Waals surface area contributed by atoms with Crippen LogP contribution in [0, 0.1) is 5.92 Å². The molecule has 0 aromatic heterocycles. The largest absolute Gasteiger partial charge is 0.481 e. The van der Waals surface area contributed by atoms with E-state index in [-0.39, 0.29) is 30.9 Å². The number of carbonyl (C=O) groups excluding carboxylic acids is 2. The van der Waals surface area contributed by atoms with Gasteiger partial charge in [-0.25, -0.2) is 4.79 Å². The lowest BCUT2D eigenvalue weighted by molar-refractivity contribution is -0.143. The summed E-state index contributed by atoms with van der Waals surface area (Å²) in [6, 6.07) is 15.6. The Bertz CT molecular complexity index is 1010. The van der Waals surface area contributed by atoms with Crippen LogP contribution in [0.5, 0.6) is 0 Å². The molecule has 1 aliphatic heterocycles. The third-order valence-electron chi connectivity index (χ3n) is 6.79. The highest BCUT2D eigenvalue weighted by molar-refractivity contribution is 5.81. The molecule has 3 atom stereocenters. The third kappa shape index (κ3) is 4.58. The van der Waals surface area contributed by atoms with Crippen molar-refractivity contribution in [3.63, 3.8) is 0 Å². The van der Waals surface area contributed by atoms with Crippen molar-refractivity contribution in [2.24, 2.45) is 5.92 Å². The van der Waals surface area contributed by atoms with Crippen molar-refractivity contribution in [2.45, 2.75) is 51.1 Å². The predicted molar refractivity (Wildman–Crippen MR) is 124 cm³/mol. The van der Waals surface area contributed by atoms with Crippen LogP contribution in [0.25, 0.3) is 11.1 Å². The summed E-state index contributed by atoms with van der Waals surface area (Å²) >= 11 is 0. The van der Waals surface area contributed by atoms with Gasteiger partial charge < -0.3 is 20.1 Å². The molecule has 0 saturated carbocycles. The molecule has 0 radical (unpaired) electrons. The van der Waals surface area contributed by atoms with Gasteiger partial charge in [0, 0.05) is 31.0 Å². The fourth-order valence-electron chi connectivity index (χ4n) is 5.23. The number of amides is 2. The standard InChI is InChI=1S/C26H30N2O5/c1-3-23-21(25(30)31)12-13-28(23)24(29)14-16(2)27-26(32)33-15-22-19-10-6-4-8-17(19)18-9-5-7-11-20(18)22/h4-11,16,21-23H,3,12-15H2,1-2H3,(H,27,32)(H,30,31)/t16-,21?,23?/m0/s1. The first-order chi connectivity index (χ1) is 15.9. The number of hydrogen-bond acceptors (Lipinski definition) is 4. The molecule has 2 aromatic carbocycles. The number of nitrogens with one attached hydrogen (secondary N) is 1. The van der Waals surface area contributed by atoms with E-state index in [1.807, 2.05) is 31.2 Å². The van der Waals surface area contributed by atoms with E-state index in [9.17, 15) is 19.5 Å². The smallest absolute Gasteiger partial charge is 0.407 e. The Balaban J connectivity index is 1.32. The second-order valence-corrected chi connectivity index (χ2v) is 8.87. The molecule has 4 rings (SSSR count). The molecule has 2 aliphatic rings. The van der Waals surface area contributed by atoms with Crippen molar-refractivity contribution in [1.29, 1.82) is 0 Å². The molecule has 1 fully saturated rings. The van der Waals surface area contributed by atoms with Crippen LogP contribution in [0.4, 0.5) is 4.79 Å². The Morgan fingerprint density at radius 1 is 1.09 bits per heavy atom. The van der Waals surface area contributed by atoms with Gasteiger partial charge in [-0.05, 0) is 42.0 Å². The maximum atomic E-state index is 12.8. The lowest BCUT2D eigenvalue weighted by atomic mass is 9.98. The van der Waals surface area contributed by atoms with Gasteiger partial charge in [0.05, 0.1) is 5.92 Å². The molecule has 7 nitrogen and oxygen atoms in total. The van der Waals surface area contributed by atoms with Gasteiger partial charge in [-0.3, -0.25) is 9.59 Å². The van der Waals surface area contributed by atoms with E-state index in [1.165, 1.54) is 0 Å². The maximum absolute atomic E-state index is 12.8. The van der Waals surface area contributed by atoms with Crippen molar-refractivity contribution in [1.82, 2.24) is 10.2 Å². The number of likely N-dealkylation sites (tertiary alicyclic amines) is 1. The van der Waals surface area contributed by atoms with Crippen molar-refractivity contribution in [3.05, 3.63) is 59.7 Å².